The number of carbonyl (C=O) groups is 2. The zero-order valence-corrected chi connectivity index (χ0v) is 19.0. The molecule has 0 aliphatic heterocycles. The monoisotopic (exact) mass is 465 g/mol. The number of hydrogen-bond acceptors (Lipinski definition) is 4. The van der Waals surface area contributed by atoms with Crippen molar-refractivity contribution >= 4 is 39.4 Å². The van der Waals surface area contributed by atoms with E-state index in [1.807, 2.05) is 18.2 Å². The lowest BCUT2D eigenvalue weighted by atomic mass is 9.92. The minimum atomic E-state index is -0.379. The maximum Gasteiger partial charge on any atom is 0.322 e. The highest BCUT2D eigenvalue weighted by molar-refractivity contribution is 9.10. The molecule has 0 spiro atoms. The second kappa shape index (κ2) is 9.89. The number of benzene rings is 1. The van der Waals surface area contributed by atoms with Crippen molar-refractivity contribution in [3.05, 3.63) is 40.5 Å². The smallest absolute Gasteiger partial charge is 0.322 e. The van der Waals surface area contributed by atoms with Crippen LogP contribution < -0.4 is 10.6 Å². The first-order valence-corrected chi connectivity index (χ1v) is 10.0. The number of carbonyl (C=O) groups excluding carboxylic acids is 2. The maximum atomic E-state index is 12.7. The fourth-order valence-corrected chi connectivity index (χ4v) is 2.93. The van der Waals surface area contributed by atoms with Crippen LogP contribution in [0.3, 0.4) is 0 Å². The summed E-state index contributed by atoms with van der Waals surface area (Å²) in [7, 11) is 3.32. The lowest BCUT2D eigenvalue weighted by Crippen LogP contribution is -2.42. The molecule has 0 unspecified atom stereocenters. The van der Waals surface area contributed by atoms with Gasteiger partial charge in [-0.15, -0.1) is 0 Å². The highest BCUT2D eigenvalue weighted by Gasteiger charge is 2.21. The van der Waals surface area contributed by atoms with E-state index in [0.717, 1.165) is 10.2 Å². The Morgan fingerprint density at radius 2 is 1.97 bits per heavy atom. The third kappa shape index (κ3) is 6.86. The molecule has 2 N–H and O–H groups in total. The summed E-state index contributed by atoms with van der Waals surface area (Å²) in [6.07, 6.45) is 0. The number of nitrogens with one attached hydrogen (secondary N) is 2. The van der Waals surface area contributed by atoms with Gasteiger partial charge in [0.25, 0.3) is 0 Å². The summed E-state index contributed by atoms with van der Waals surface area (Å²) in [6.45, 7) is 6.65. The zero-order valence-electron chi connectivity index (χ0n) is 17.5. The van der Waals surface area contributed by atoms with Gasteiger partial charge < -0.3 is 20.3 Å². The Kier molecular flexibility index (Phi) is 7.80. The summed E-state index contributed by atoms with van der Waals surface area (Å²) < 4.78 is 7.55. The quantitative estimate of drug-likeness (QED) is 0.653. The molecule has 2 aromatic rings. The van der Waals surface area contributed by atoms with Crippen LogP contribution in [0.5, 0.6) is 0 Å². The van der Waals surface area contributed by atoms with E-state index < -0.39 is 0 Å². The normalized spacial score (nSPS) is 11.2. The van der Waals surface area contributed by atoms with Crippen LogP contribution in [0.25, 0.3) is 0 Å². The van der Waals surface area contributed by atoms with Crippen LogP contribution in [0.15, 0.2) is 34.8 Å². The molecule has 0 aliphatic rings. The summed E-state index contributed by atoms with van der Waals surface area (Å²) in [5.41, 5.74) is 1.38. The first-order chi connectivity index (χ1) is 13.6. The van der Waals surface area contributed by atoms with Gasteiger partial charge in [0.1, 0.15) is 12.4 Å². The van der Waals surface area contributed by atoms with Gasteiger partial charge >= 0.3 is 6.03 Å². The second-order valence-electron chi connectivity index (χ2n) is 7.69. The molecule has 0 bridgehead atoms. The Morgan fingerprint density at radius 3 is 2.55 bits per heavy atom. The van der Waals surface area contributed by atoms with Gasteiger partial charge in [-0.25, -0.2) is 4.79 Å². The molecule has 8 nitrogen and oxygen atoms in total. The van der Waals surface area contributed by atoms with Gasteiger partial charge in [0.2, 0.25) is 5.91 Å². The Hall–Kier alpha value is -2.39. The summed E-state index contributed by atoms with van der Waals surface area (Å²) >= 11 is 3.37. The summed E-state index contributed by atoms with van der Waals surface area (Å²) in [5, 5.41) is 10.1. The molecule has 0 fully saturated rings. The van der Waals surface area contributed by atoms with Crippen LogP contribution in [0, 0.1) is 0 Å². The Balaban J connectivity index is 2.06. The van der Waals surface area contributed by atoms with Gasteiger partial charge in [-0.3, -0.25) is 9.48 Å². The van der Waals surface area contributed by atoms with E-state index in [-0.39, 0.29) is 30.4 Å². The van der Waals surface area contributed by atoms with Crippen LogP contribution in [0.2, 0.25) is 0 Å². The van der Waals surface area contributed by atoms with Crippen molar-refractivity contribution in [1.82, 2.24) is 14.7 Å². The molecule has 0 saturated heterocycles. The third-order valence-electron chi connectivity index (χ3n) is 4.18. The molecule has 1 aromatic heterocycles. The predicted octanol–water partition coefficient (Wildman–Crippen LogP) is 3.60. The summed E-state index contributed by atoms with van der Waals surface area (Å²) in [4.78, 5) is 26.7. The number of anilines is 2. The minimum Gasteiger partial charge on any atom is -0.383 e. The van der Waals surface area contributed by atoms with E-state index >= 15 is 0 Å². The van der Waals surface area contributed by atoms with Gasteiger partial charge in [-0.1, -0.05) is 42.8 Å². The highest BCUT2D eigenvalue weighted by Crippen LogP contribution is 2.23. The maximum absolute atomic E-state index is 12.7. The van der Waals surface area contributed by atoms with Gasteiger partial charge in [0.15, 0.2) is 0 Å². The fraction of sp³-hybridized carbons (Fsp3) is 0.450. The number of rotatable bonds is 7. The van der Waals surface area contributed by atoms with Crippen molar-refractivity contribution in [3.63, 3.8) is 0 Å². The summed E-state index contributed by atoms with van der Waals surface area (Å²) in [5.74, 6) is 0.271. The molecule has 1 heterocycles. The first-order valence-electron chi connectivity index (χ1n) is 9.25. The minimum absolute atomic E-state index is 0.112. The number of ether oxygens (including phenoxy) is 1. The molecule has 2 rings (SSSR count). The SMILES string of the molecule is COCCN(CC(=O)Nc1cc(C(C)(C)C)nn1C)C(=O)Nc1cccc(Br)c1. The highest BCUT2D eigenvalue weighted by atomic mass is 79.9. The number of halogens is 1. The number of aryl methyl sites for hydroxylation is 1. The van der Waals surface area contributed by atoms with Gasteiger partial charge in [-0.2, -0.15) is 5.10 Å². The molecule has 9 heteroatoms. The molecule has 1 aromatic carbocycles. The molecule has 0 radical (unpaired) electrons. The fourth-order valence-electron chi connectivity index (χ4n) is 2.53. The van der Waals surface area contributed by atoms with Crippen LogP contribution >= 0.6 is 15.9 Å². The number of amides is 3. The first kappa shape index (κ1) is 22.9. The van der Waals surface area contributed by atoms with E-state index in [9.17, 15) is 9.59 Å². The van der Waals surface area contributed by atoms with Gasteiger partial charge in [-0.05, 0) is 18.2 Å². The van der Waals surface area contributed by atoms with E-state index in [1.54, 1.807) is 31.0 Å². The molecule has 0 atom stereocenters. The third-order valence-corrected chi connectivity index (χ3v) is 4.67. The van der Waals surface area contributed by atoms with Crippen LogP contribution in [0.4, 0.5) is 16.3 Å². The van der Waals surface area contributed by atoms with E-state index in [1.165, 1.54) is 4.90 Å². The zero-order chi connectivity index (χ0) is 21.6. The van der Waals surface area contributed by atoms with Crippen LogP contribution in [-0.4, -0.2) is 53.4 Å². The molecule has 158 valence electrons. The molecule has 3 amide bonds. The van der Waals surface area contributed by atoms with Crippen molar-refractivity contribution in [1.29, 1.82) is 0 Å². The number of methoxy groups -OCH3 is 1. The van der Waals surface area contributed by atoms with Crippen molar-refractivity contribution in [2.75, 3.05) is 37.4 Å². The van der Waals surface area contributed by atoms with Crippen molar-refractivity contribution < 1.29 is 14.3 Å². The van der Waals surface area contributed by atoms with Crippen molar-refractivity contribution in [2.45, 2.75) is 26.2 Å². The van der Waals surface area contributed by atoms with Crippen LogP contribution in [-0.2, 0) is 22.0 Å². The van der Waals surface area contributed by atoms with E-state index in [4.69, 9.17) is 4.74 Å². The topological polar surface area (TPSA) is 88.5 Å². The Labute approximate surface area is 179 Å². The number of nitrogens with zero attached hydrogens (tertiary/aromatic N) is 3. The average Bonchev–Trinajstić information content (AvgIpc) is 2.99. The van der Waals surface area contributed by atoms with E-state index in [0.29, 0.717) is 18.1 Å². The molecule has 0 aliphatic carbocycles. The molecule has 0 saturated carbocycles. The molecule has 29 heavy (non-hydrogen) atoms. The molecular weight excluding hydrogens is 438 g/mol. The van der Waals surface area contributed by atoms with Gasteiger partial charge in [0, 0.05) is 42.3 Å². The Morgan fingerprint density at radius 1 is 1.24 bits per heavy atom. The Bertz CT molecular complexity index is 860. The number of urea groups is 1. The summed E-state index contributed by atoms with van der Waals surface area (Å²) in [6, 6.07) is 8.72. The molecular formula is C20H28BrN5O3. The number of hydrogen-bond donors (Lipinski definition) is 2. The van der Waals surface area contributed by atoms with Gasteiger partial charge in [0.05, 0.1) is 12.3 Å². The predicted molar refractivity (Wildman–Crippen MR) is 117 cm³/mol. The number of aromatic nitrogens is 2. The largest absolute Gasteiger partial charge is 0.383 e. The average molecular weight is 466 g/mol. The standard InChI is InChI=1S/C20H28BrN5O3/c1-20(2,3)16-12-17(25(4)24-16)23-18(27)13-26(9-10-29-5)19(28)22-15-8-6-7-14(21)11-15/h6-8,11-12H,9-10,13H2,1-5H3,(H,22,28)(H,23,27). The van der Waals surface area contributed by atoms with Crippen molar-refractivity contribution in [2.24, 2.45) is 7.05 Å². The van der Waals surface area contributed by atoms with Crippen molar-refractivity contribution in [3.8, 4) is 0 Å². The van der Waals surface area contributed by atoms with E-state index in [2.05, 4.69) is 52.4 Å². The second-order valence-corrected chi connectivity index (χ2v) is 8.61. The lowest BCUT2D eigenvalue weighted by molar-refractivity contribution is -0.116. The van der Waals surface area contributed by atoms with Crippen LogP contribution in [0.1, 0.15) is 26.5 Å². The lowest BCUT2D eigenvalue weighted by Gasteiger charge is -2.22.